The van der Waals surface area contributed by atoms with E-state index in [0.29, 0.717) is 18.7 Å². The number of rotatable bonds is 2. The molecule has 0 spiro atoms. The Morgan fingerprint density at radius 2 is 2.12 bits per heavy atom. The third-order valence-electron chi connectivity index (χ3n) is 2.59. The van der Waals surface area contributed by atoms with Crippen LogP contribution >= 0.6 is 15.9 Å². The van der Waals surface area contributed by atoms with Gasteiger partial charge in [0.15, 0.2) is 11.6 Å². The summed E-state index contributed by atoms with van der Waals surface area (Å²) < 4.78 is 25.6. The highest BCUT2D eigenvalue weighted by atomic mass is 79.9. The van der Waals surface area contributed by atoms with Crippen LogP contribution in [0.15, 0.2) is 18.2 Å². The third-order valence-corrected chi connectivity index (χ3v) is 3.44. The number of halogens is 3. The number of benzene rings is 1. The van der Waals surface area contributed by atoms with E-state index in [2.05, 4.69) is 15.9 Å². The quantitative estimate of drug-likeness (QED) is 0.766. The summed E-state index contributed by atoms with van der Waals surface area (Å²) in [4.78, 5) is 13.1. The number of likely N-dealkylation sites (tertiary alicyclic amines) is 1. The molecule has 1 saturated heterocycles. The molecule has 0 aliphatic carbocycles. The standard InChI is InChI=1S/C11H10BrF2NO/c12-8-3-4-15(11(8)16)6-7-1-2-9(13)10(14)5-7/h1-2,5,8H,3-4,6H2. The molecule has 1 aliphatic rings. The maximum absolute atomic E-state index is 12.9. The molecule has 0 N–H and O–H groups in total. The summed E-state index contributed by atoms with van der Waals surface area (Å²) in [6.45, 7) is 0.978. The van der Waals surface area contributed by atoms with Gasteiger partial charge in [-0.05, 0) is 24.1 Å². The molecule has 1 aromatic rings. The van der Waals surface area contributed by atoms with Gasteiger partial charge >= 0.3 is 0 Å². The molecule has 1 unspecified atom stereocenters. The van der Waals surface area contributed by atoms with Gasteiger partial charge < -0.3 is 4.90 Å². The van der Waals surface area contributed by atoms with Gasteiger partial charge in [0.05, 0.1) is 4.83 Å². The number of amides is 1. The van der Waals surface area contributed by atoms with Gasteiger partial charge in [-0.2, -0.15) is 0 Å². The number of alkyl halides is 1. The zero-order chi connectivity index (χ0) is 11.7. The summed E-state index contributed by atoms with van der Waals surface area (Å²) in [7, 11) is 0. The first-order valence-electron chi connectivity index (χ1n) is 4.94. The van der Waals surface area contributed by atoms with E-state index in [1.54, 1.807) is 4.90 Å². The van der Waals surface area contributed by atoms with Crippen molar-refractivity contribution in [2.24, 2.45) is 0 Å². The topological polar surface area (TPSA) is 20.3 Å². The summed E-state index contributed by atoms with van der Waals surface area (Å²) in [6, 6.07) is 3.70. The minimum Gasteiger partial charge on any atom is -0.337 e. The van der Waals surface area contributed by atoms with Crippen molar-refractivity contribution in [2.75, 3.05) is 6.54 Å². The average molecular weight is 290 g/mol. The normalized spacial score (nSPS) is 20.6. The molecule has 1 atom stereocenters. The molecule has 0 bridgehead atoms. The first kappa shape index (κ1) is 11.5. The molecule has 2 rings (SSSR count). The van der Waals surface area contributed by atoms with Crippen LogP contribution in [-0.4, -0.2) is 22.2 Å². The summed E-state index contributed by atoms with van der Waals surface area (Å²) in [5.74, 6) is -1.74. The van der Waals surface area contributed by atoms with Crippen molar-refractivity contribution in [1.29, 1.82) is 0 Å². The largest absolute Gasteiger partial charge is 0.337 e. The first-order chi connectivity index (χ1) is 7.58. The van der Waals surface area contributed by atoms with Crippen molar-refractivity contribution in [3.05, 3.63) is 35.4 Å². The molecule has 5 heteroatoms. The molecule has 1 aliphatic heterocycles. The highest BCUT2D eigenvalue weighted by Crippen LogP contribution is 2.21. The second kappa shape index (κ2) is 4.49. The Hall–Kier alpha value is -0.970. The summed E-state index contributed by atoms with van der Waals surface area (Å²) in [6.07, 6.45) is 0.752. The van der Waals surface area contributed by atoms with Crippen molar-refractivity contribution < 1.29 is 13.6 Å². The Morgan fingerprint density at radius 1 is 1.38 bits per heavy atom. The van der Waals surface area contributed by atoms with Crippen molar-refractivity contribution in [3.8, 4) is 0 Å². The van der Waals surface area contributed by atoms with Gasteiger partial charge in [-0.1, -0.05) is 22.0 Å². The van der Waals surface area contributed by atoms with E-state index in [1.165, 1.54) is 6.07 Å². The van der Waals surface area contributed by atoms with E-state index < -0.39 is 11.6 Å². The molecule has 0 saturated carbocycles. The van der Waals surface area contributed by atoms with E-state index in [-0.39, 0.29) is 10.7 Å². The van der Waals surface area contributed by atoms with E-state index in [9.17, 15) is 13.6 Å². The Kier molecular flexibility index (Phi) is 3.23. The van der Waals surface area contributed by atoms with Gasteiger partial charge in [0.1, 0.15) is 0 Å². The minimum atomic E-state index is -0.875. The number of carbonyl (C=O) groups excluding carboxylic acids is 1. The number of nitrogens with zero attached hydrogens (tertiary/aromatic N) is 1. The molecule has 1 aromatic carbocycles. The van der Waals surface area contributed by atoms with Crippen LogP contribution in [0, 0.1) is 11.6 Å². The van der Waals surface area contributed by atoms with E-state index in [0.717, 1.165) is 18.6 Å². The second-order valence-electron chi connectivity index (χ2n) is 3.76. The van der Waals surface area contributed by atoms with Crippen LogP contribution in [0.25, 0.3) is 0 Å². The van der Waals surface area contributed by atoms with Gasteiger partial charge in [0.25, 0.3) is 0 Å². The van der Waals surface area contributed by atoms with Crippen molar-refractivity contribution in [2.45, 2.75) is 17.8 Å². The van der Waals surface area contributed by atoms with Crippen LogP contribution in [0.2, 0.25) is 0 Å². The fourth-order valence-electron chi connectivity index (χ4n) is 1.72. The molecule has 86 valence electrons. The zero-order valence-electron chi connectivity index (χ0n) is 8.42. The Labute approximate surface area is 100 Å². The Balaban J connectivity index is 2.10. The van der Waals surface area contributed by atoms with Crippen LogP contribution in [0.1, 0.15) is 12.0 Å². The van der Waals surface area contributed by atoms with Gasteiger partial charge in [0, 0.05) is 13.1 Å². The zero-order valence-corrected chi connectivity index (χ0v) is 10.0. The predicted molar refractivity (Wildman–Crippen MR) is 59.1 cm³/mol. The number of hydrogen-bond donors (Lipinski definition) is 0. The van der Waals surface area contributed by atoms with Crippen LogP contribution in [0.5, 0.6) is 0 Å². The van der Waals surface area contributed by atoms with Crippen molar-refractivity contribution in [1.82, 2.24) is 4.90 Å². The van der Waals surface area contributed by atoms with Gasteiger partial charge in [-0.3, -0.25) is 4.79 Å². The van der Waals surface area contributed by atoms with E-state index >= 15 is 0 Å². The van der Waals surface area contributed by atoms with E-state index in [4.69, 9.17) is 0 Å². The first-order valence-corrected chi connectivity index (χ1v) is 5.86. The number of hydrogen-bond acceptors (Lipinski definition) is 1. The minimum absolute atomic E-state index is 0.00438. The fourth-order valence-corrected chi connectivity index (χ4v) is 2.21. The molecule has 1 fully saturated rings. The molecule has 0 radical (unpaired) electrons. The van der Waals surface area contributed by atoms with Gasteiger partial charge in [-0.25, -0.2) is 8.78 Å². The third kappa shape index (κ3) is 2.24. The van der Waals surface area contributed by atoms with Crippen LogP contribution < -0.4 is 0 Å². The second-order valence-corrected chi connectivity index (χ2v) is 4.87. The molecule has 16 heavy (non-hydrogen) atoms. The van der Waals surface area contributed by atoms with Gasteiger partial charge in [0.2, 0.25) is 5.91 Å². The fraction of sp³-hybridized carbons (Fsp3) is 0.364. The smallest absolute Gasteiger partial charge is 0.236 e. The molecular formula is C11H10BrF2NO. The molecule has 2 nitrogen and oxygen atoms in total. The average Bonchev–Trinajstić information content (AvgIpc) is 2.55. The molecule has 0 aromatic heterocycles. The summed E-state index contributed by atoms with van der Waals surface area (Å²) in [5.41, 5.74) is 0.605. The highest BCUT2D eigenvalue weighted by Gasteiger charge is 2.29. The lowest BCUT2D eigenvalue weighted by Crippen LogP contribution is -2.26. The SMILES string of the molecule is O=C1C(Br)CCN1Cc1ccc(F)c(F)c1. The van der Waals surface area contributed by atoms with Crippen LogP contribution in [0.4, 0.5) is 8.78 Å². The highest BCUT2D eigenvalue weighted by molar-refractivity contribution is 9.10. The maximum atomic E-state index is 12.9. The lowest BCUT2D eigenvalue weighted by atomic mass is 10.2. The van der Waals surface area contributed by atoms with Crippen molar-refractivity contribution >= 4 is 21.8 Å². The van der Waals surface area contributed by atoms with E-state index in [1.807, 2.05) is 0 Å². The predicted octanol–water partition coefficient (Wildman–Crippen LogP) is 2.46. The maximum Gasteiger partial charge on any atom is 0.236 e. The number of carbonyl (C=O) groups is 1. The van der Waals surface area contributed by atoms with Crippen molar-refractivity contribution in [3.63, 3.8) is 0 Å². The van der Waals surface area contributed by atoms with Gasteiger partial charge in [-0.15, -0.1) is 0 Å². The Morgan fingerprint density at radius 3 is 2.69 bits per heavy atom. The molecular weight excluding hydrogens is 280 g/mol. The summed E-state index contributed by atoms with van der Waals surface area (Å²) in [5, 5.41) is 0. The van der Waals surface area contributed by atoms with Crippen LogP contribution in [-0.2, 0) is 11.3 Å². The monoisotopic (exact) mass is 289 g/mol. The lowest BCUT2D eigenvalue weighted by Gasteiger charge is -2.15. The molecule has 1 heterocycles. The molecule has 1 amide bonds. The Bertz CT molecular complexity index is 424. The summed E-state index contributed by atoms with van der Waals surface area (Å²) >= 11 is 3.26. The lowest BCUT2D eigenvalue weighted by molar-refractivity contribution is -0.127. The van der Waals surface area contributed by atoms with Crippen LogP contribution in [0.3, 0.4) is 0 Å².